The molecule has 1 atom stereocenters. The molecule has 0 aliphatic carbocycles. The van der Waals surface area contributed by atoms with Crippen LogP contribution >= 0.6 is 0 Å². The maximum atomic E-state index is 12.3. The number of phenols is 2. The summed E-state index contributed by atoms with van der Waals surface area (Å²) >= 11 is 0. The van der Waals surface area contributed by atoms with Crippen LogP contribution in [0, 0.1) is 16.7 Å². The lowest BCUT2D eigenvalue weighted by molar-refractivity contribution is -0.125. The third-order valence-corrected chi connectivity index (χ3v) is 3.61. The van der Waals surface area contributed by atoms with Gasteiger partial charge in [0.05, 0.1) is 6.07 Å². The molecule has 5 heteroatoms. The lowest BCUT2D eigenvalue weighted by atomic mass is 9.90. The molecule has 0 spiro atoms. The van der Waals surface area contributed by atoms with Crippen molar-refractivity contribution in [1.29, 1.82) is 5.26 Å². The summed E-state index contributed by atoms with van der Waals surface area (Å²) in [4.78, 5) is 12.3. The van der Waals surface area contributed by atoms with Crippen molar-refractivity contribution in [3.05, 3.63) is 65.7 Å². The Hall–Kier alpha value is -3.26. The van der Waals surface area contributed by atoms with E-state index in [1.807, 2.05) is 36.4 Å². The van der Waals surface area contributed by atoms with E-state index in [4.69, 9.17) is 0 Å². The van der Waals surface area contributed by atoms with Gasteiger partial charge in [-0.3, -0.25) is 4.79 Å². The van der Waals surface area contributed by atoms with Crippen molar-refractivity contribution >= 4 is 12.0 Å². The molecule has 0 aromatic heterocycles. The quantitative estimate of drug-likeness (QED) is 0.738. The van der Waals surface area contributed by atoms with Crippen molar-refractivity contribution in [3.8, 4) is 17.6 Å². The Labute approximate surface area is 140 Å². The maximum Gasteiger partial charge on any atom is 0.244 e. The first-order valence-corrected chi connectivity index (χ1v) is 7.39. The normalized spacial score (nSPS) is 13.2. The zero-order valence-electron chi connectivity index (χ0n) is 13.2. The standard InChI is InChI=1S/C19H18N2O3/c1-19(13-20,10-9-14-7-8-16(22)17(23)11-14)18(24)21-12-15-5-3-2-4-6-15/h2-11,22-23H,12H2,1H3,(H,21,24)/b10-9+. The summed E-state index contributed by atoms with van der Waals surface area (Å²) in [6.07, 6.45) is 3.03. The zero-order chi connectivity index (χ0) is 17.6. The highest BCUT2D eigenvalue weighted by Gasteiger charge is 2.30. The van der Waals surface area contributed by atoms with Gasteiger partial charge in [-0.05, 0) is 30.2 Å². The second kappa shape index (κ2) is 7.34. The van der Waals surface area contributed by atoms with Crippen molar-refractivity contribution in [2.45, 2.75) is 13.5 Å². The van der Waals surface area contributed by atoms with Crippen LogP contribution in [0.15, 0.2) is 54.6 Å². The summed E-state index contributed by atoms with van der Waals surface area (Å²) in [7, 11) is 0. The smallest absolute Gasteiger partial charge is 0.244 e. The Morgan fingerprint density at radius 3 is 2.54 bits per heavy atom. The number of rotatable bonds is 5. The number of phenolic OH excluding ortho intramolecular Hbond substituents is 2. The number of nitrogens with one attached hydrogen (secondary N) is 1. The number of nitriles is 1. The molecular formula is C19H18N2O3. The number of nitrogens with zero attached hydrogens (tertiary/aromatic N) is 1. The maximum absolute atomic E-state index is 12.3. The number of hydrogen-bond acceptors (Lipinski definition) is 4. The Morgan fingerprint density at radius 2 is 1.92 bits per heavy atom. The number of aromatic hydroxyl groups is 2. The first-order chi connectivity index (χ1) is 11.4. The minimum atomic E-state index is -1.34. The average molecular weight is 322 g/mol. The van der Waals surface area contributed by atoms with Crippen molar-refractivity contribution in [2.75, 3.05) is 0 Å². The van der Waals surface area contributed by atoms with E-state index < -0.39 is 11.3 Å². The monoisotopic (exact) mass is 322 g/mol. The van der Waals surface area contributed by atoms with E-state index in [0.29, 0.717) is 12.1 Å². The van der Waals surface area contributed by atoms with E-state index in [9.17, 15) is 20.3 Å². The molecule has 0 aliphatic rings. The molecule has 0 saturated heterocycles. The minimum Gasteiger partial charge on any atom is -0.504 e. The molecule has 2 aromatic carbocycles. The molecule has 5 nitrogen and oxygen atoms in total. The second-order valence-corrected chi connectivity index (χ2v) is 5.56. The molecule has 1 unspecified atom stereocenters. The van der Waals surface area contributed by atoms with E-state index in [0.717, 1.165) is 5.56 Å². The van der Waals surface area contributed by atoms with Crippen LogP contribution in [0.2, 0.25) is 0 Å². The summed E-state index contributed by atoms with van der Waals surface area (Å²) in [5, 5.41) is 30.9. The molecule has 2 rings (SSSR count). The fraction of sp³-hybridized carbons (Fsp3) is 0.158. The molecule has 0 bridgehead atoms. The predicted octanol–water partition coefficient (Wildman–Crippen LogP) is 2.96. The van der Waals surface area contributed by atoms with Crippen LogP contribution in [-0.2, 0) is 11.3 Å². The van der Waals surface area contributed by atoms with Gasteiger partial charge >= 0.3 is 0 Å². The van der Waals surface area contributed by atoms with Gasteiger partial charge in [-0.2, -0.15) is 5.26 Å². The van der Waals surface area contributed by atoms with Gasteiger partial charge in [0.15, 0.2) is 16.9 Å². The Balaban J connectivity index is 2.09. The number of carbonyl (C=O) groups excluding carboxylic acids is 1. The molecule has 24 heavy (non-hydrogen) atoms. The summed E-state index contributed by atoms with van der Waals surface area (Å²) in [5.41, 5.74) is 0.170. The van der Waals surface area contributed by atoms with Gasteiger partial charge in [0, 0.05) is 6.54 Å². The van der Waals surface area contributed by atoms with Gasteiger partial charge in [-0.15, -0.1) is 0 Å². The van der Waals surface area contributed by atoms with Crippen LogP contribution < -0.4 is 5.32 Å². The lowest BCUT2D eigenvalue weighted by Gasteiger charge is -2.17. The minimum absolute atomic E-state index is 0.226. The number of hydrogen-bond donors (Lipinski definition) is 3. The fourth-order valence-electron chi connectivity index (χ4n) is 2.03. The Kier molecular flexibility index (Phi) is 5.23. The molecule has 2 aromatic rings. The molecule has 0 heterocycles. The largest absolute Gasteiger partial charge is 0.504 e. The van der Waals surface area contributed by atoms with E-state index in [2.05, 4.69) is 5.32 Å². The van der Waals surface area contributed by atoms with E-state index in [1.165, 1.54) is 25.1 Å². The molecule has 0 fully saturated rings. The molecule has 3 N–H and O–H groups in total. The lowest BCUT2D eigenvalue weighted by Crippen LogP contribution is -2.36. The number of benzene rings is 2. The van der Waals surface area contributed by atoms with Gasteiger partial charge in [0.25, 0.3) is 0 Å². The topological polar surface area (TPSA) is 93.3 Å². The third kappa shape index (κ3) is 4.14. The molecule has 0 radical (unpaired) electrons. The van der Waals surface area contributed by atoms with Crippen molar-refractivity contribution in [2.24, 2.45) is 5.41 Å². The van der Waals surface area contributed by atoms with Crippen LogP contribution in [0.3, 0.4) is 0 Å². The zero-order valence-corrected chi connectivity index (χ0v) is 13.2. The van der Waals surface area contributed by atoms with Crippen LogP contribution in [-0.4, -0.2) is 16.1 Å². The molecule has 0 aliphatic heterocycles. The summed E-state index contributed by atoms with van der Waals surface area (Å²) in [6.45, 7) is 1.86. The van der Waals surface area contributed by atoms with Crippen LogP contribution in [0.25, 0.3) is 6.08 Å². The first kappa shape index (κ1) is 17.1. The Bertz CT molecular complexity index is 794. The van der Waals surface area contributed by atoms with Gasteiger partial charge < -0.3 is 15.5 Å². The highest BCUT2D eigenvalue weighted by atomic mass is 16.3. The summed E-state index contributed by atoms with van der Waals surface area (Å²) in [5.74, 6) is -0.895. The molecule has 0 saturated carbocycles. The van der Waals surface area contributed by atoms with Gasteiger partial charge in [0.1, 0.15) is 0 Å². The highest BCUT2D eigenvalue weighted by Crippen LogP contribution is 2.27. The summed E-state index contributed by atoms with van der Waals surface area (Å²) < 4.78 is 0. The summed E-state index contributed by atoms with van der Waals surface area (Å²) in [6, 6.07) is 15.7. The second-order valence-electron chi connectivity index (χ2n) is 5.56. The van der Waals surface area contributed by atoms with Gasteiger partial charge in [-0.25, -0.2) is 0 Å². The van der Waals surface area contributed by atoms with Gasteiger partial charge in [0.2, 0.25) is 5.91 Å². The highest BCUT2D eigenvalue weighted by molar-refractivity contribution is 5.88. The Morgan fingerprint density at radius 1 is 1.21 bits per heavy atom. The molecule has 1 amide bonds. The average Bonchev–Trinajstić information content (AvgIpc) is 2.61. The van der Waals surface area contributed by atoms with E-state index in [1.54, 1.807) is 12.1 Å². The van der Waals surface area contributed by atoms with Crippen molar-refractivity contribution < 1.29 is 15.0 Å². The van der Waals surface area contributed by atoms with E-state index in [-0.39, 0.29) is 11.5 Å². The van der Waals surface area contributed by atoms with E-state index >= 15 is 0 Å². The van der Waals surface area contributed by atoms with Gasteiger partial charge in [-0.1, -0.05) is 48.6 Å². The fourth-order valence-corrected chi connectivity index (χ4v) is 2.03. The van der Waals surface area contributed by atoms with Crippen molar-refractivity contribution in [3.63, 3.8) is 0 Å². The van der Waals surface area contributed by atoms with Crippen LogP contribution in [0.4, 0.5) is 0 Å². The third-order valence-electron chi connectivity index (χ3n) is 3.61. The SMILES string of the molecule is CC(C#N)(/C=C/c1ccc(O)c(O)c1)C(=O)NCc1ccccc1. The predicted molar refractivity (Wildman–Crippen MR) is 90.8 cm³/mol. The van der Waals surface area contributed by atoms with Crippen LogP contribution in [0.1, 0.15) is 18.1 Å². The number of amides is 1. The molecule has 122 valence electrons. The number of carbonyl (C=O) groups is 1. The molecular weight excluding hydrogens is 304 g/mol. The van der Waals surface area contributed by atoms with Crippen LogP contribution in [0.5, 0.6) is 11.5 Å². The van der Waals surface area contributed by atoms with Crippen molar-refractivity contribution in [1.82, 2.24) is 5.32 Å². The first-order valence-electron chi connectivity index (χ1n) is 7.39.